The molecular weight excluding hydrogens is 332 g/mol. The van der Waals surface area contributed by atoms with Crippen molar-refractivity contribution in [2.75, 3.05) is 0 Å². The molecule has 2 aromatic carbocycles. The molecule has 2 aromatic rings. The van der Waals surface area contributed by atoms with Crippen molar-refractivity contribution < 1.29 is 16.8 Å². The van der Waals surface area contributed by atoms with Gasteiger partial charge in [-0.15, -0.1) is 0 Å². The maximum Gasteiger partial charge on any atom is 0.198 e. The molecule has 0 unspecified atom stereocenters. The first-order chi connectivity index (χ1) is 10.5. The zero-order chi connectivity index (χ0) is 17.5. The highest BCUT2D eigenvalue weighted by Gasteiger charge is 2.48. The Bertz CT molecular complexity index is 828. The Kier molecular flexibility index (Phi) is 4.43. The molecule has 0 spiro atoms. The molecule has 0 aliphatic rings. The van der Waals surface area contributed by atoms with Gasteiger partial charge in [-0.05, 0) is 52.0 Å². The standard InChI is InChI=1S/C17H20O4S2/c1-13-5-9-15(10-6-13)22(18,19)17(3,4)23(20,21)16-11-7-14(2)8-12-16/h5-12H,1-4H3. The van der Waals surface area contributed by atoms with E-state index in [1.807, 2.05) is 13.8 Å². The van der Waals surface area contributed by atoms with Crippen LogP contribution in [0.2, 0.25) is 0 Å². The van der Waals surface area contributed by atoms with E-state index in [1.165, 1.54) is 38.1 Å². The molecule has 0 bridgehead atoms. The Hall–Kier alpha value is -1.66. The summed E-state index contributed by atoms with van der Waals surface area (Å²) < 4.78 is 49.5. The molecule has 2 rings (SSSR count). The molecule has 0 aromatic heterocycles. The van der Waals surface area contributed by atoms with Crippen molar-refractivity contribution in [3.8, 4) is 0 Å². The molecule has 0 aliphatic heterocycles. The minimum Gasteiger partial charge on any atom is -0.222 e. The third-order valence-electron chi connectivity index (χ3n) is 3.96. The summed E-state index contributed by atoms with van der Waals surface area (Å²) in [7, 11) is -8.12. The second-order valence-electron chi connectivity index (χ2n) is 6.03. The summed E-state index contributed by atoms with van der Waals surface area (Å²) in [5.41, 5.74) is 1.81. The van der Waals surface area contributed by atoms with Crippen LogP contribution >= 0.6 is 0 Å². The van der Waals surface area contributed by atoms with Crippen molar-refractivity contribution in [1.29, 1.82) is 0 Å². The number of hydrogen-bond acceptors (Lipinski definition) is 4. The van der Waals surface area contributed by atoms with E-state index in [2.05, 4.69) is 0 Å². The van der Waals surface area contributed by atoms with Crippen molar-refractivity contribution in [3.05, 3.63) is 59.7 Å². The van der Waals surface area contributed by atoms with Crippen molar-refractivity contribution in [2.45, 2.75) is 41.6 Å². The molecule has 0 atom stereocenters. The number of aryl methyl sites for hydroxylation is 2. The van der Waals surface area contributed by atoms with E-state index in [4.69, 9.17) is 0 Å². The molecule has 0 saturated carbocycles. The summed E-state index contributed by atoms with van der Waals surface area (Å²) in [6.07, 6.45) is 0. The SMILES string of the molecule is Cc1ccc(S(=O)(=O)C(C)(C)S(=O)(=O)c2ccc(C)cc2)cc1. The van der Waals surface area contributed by atoms with Crippen molar-refractivity contribution in [2.24, 2.45) is 0 Å². The normalized spacial score (nSPS) is 13.0. The fourth-order valence-electron chi connectivity index (χ4n) is 2.15. The molecule has 0 radical (unpaired) electrons. The van der Waals surface area contributed by atoms with Crippen molar-refractivity contribution >= 4 is 19.7 Å². The Morgan fingerprint density at radius 3 is 1.13 bits per heavy atom. The topological polar surface area (TPSA) is 68.3 Å². The summed E-state index contributed by atoms with van der Waals surface area (Å²) in [5, 5.41) is 0. The fourth-order valence-corrected chi connectivity index (χ4v) is 6.00. The molecule has 23 heavy (non-hydrogen) atoms. The first-order valence-corrected chi connectivity index (χ1v) is 10.1. The van der Waals surface area contributed by atoms with Gasteiger partial charge < -0.3 is 0 Å². The lowest BCUT2D eigenvalue weighted by atomic mass is 10.2. The zero-order valence-corrected chi connectivity index (χ0v) is 15.2. The van der Waals surface area contributed by atoms with Gasteiger partial charge in [0.05, 0.1) is 9.79 Å². The quantitative estimate of drug-likeness (QED) is 0.847. The zero-order valence-electron chi connectivity index (χ0n) is 13.6. The first-order valence-electron chi connectivity index (χ1n) is 7.13. The van der Waals surface area contributed by atoms with Crippen LogP contribution < -0.4 is 0 Å². The van der Waals surface area contributed by atoms with E-state index in [9.17, 15) is 16.8 Å². The van der Waals surface area contributed by atoms with Crippen LogP contribution in [0.25, 0.3) is 0 Å². The third kappa shape index (κ3) is 2.93. The molecule has 0 fully saturated rings. The van der Waals surface area contributed by atoms with Gasteiger partial charge in [-0.25, -0.2) is 16.8 Å². The van der Waals surface area contributed by atoms with Crippen LogP contribution in [0, 0.1) is 13.8 Å². The Morgan fingerprint density at radius 2 is 0.870 bits per heavy atom. The number of rotatable bonds is 4. The van der Waals surface area contributed by atoms with E-state index in [0.717, 1.165) is 11.1 Å². The highest BCUT2D eigenvalue weighted by Crippen LogP contribution is 2.35. The summed E-state index contributed by atoms with van der Waals surface area (Å²) in [5.74, 6) is 0. The smallest absolute Gasteiger partial charge is 0.198 e. The predicted octanol–water partition coefficient (Wildman–Crippen LogP) is 3.29. The average Bonchev–Trinajstić information content (AvgIpc) is 2.47. The largest absolute Gasteiger partial charge is 0.222 e. The predicted molar refractivity (Wildman–Crippen MR) is 90.8 cm³/mol. The second kappa shape index (κ2) is 5.76. The van der Waals surface area contributed by atoms with E-state index < -0.39 is 23.8 Å². The lowest BCUT2D eigenvalue weighted by Crippen LogP contribution is -2.40. The van der Waals surface area contributed by atoms with E-state index in [0.29, 0.717) is 0 Å². The molecule has 124 valence electrons. The van der Waals surface area contributed by atoms with E-state index in [1.54, 1.807) is 24.3 Å². The molecule has 0 aliphatic carbocycles. The van der Waals surface area contributed by atoms with Crippen LogP contribution in [0.3, 0.4) is 0 Å². The molecule has 0 N–H and O–H groups in total. The van der Waals surface area contributed by atoms with Gasteiger partial charge >= 0.3 is 0 Å². The van der Waals surface area contributed by atoms with E-state index in [-0.39, 0.29) is 9.79 Å². The van der Waals surface area contributed by atoms with Gasteiger partial charge in [-0.1, -0.05) is 35.4 Å². The van der Waals surface area contributed by atoms with Gasteiger partial charge in [0.15, 0.2) is 23.8 Å². The summed E-state index contributed by atoms with van der Waals surface area (Å²) >= 11 is 0. The molecular formula is C17H20O4S2. The highest BCUT2D eigenvalue weighted by atomic mass is 32.3. The van der Waals surface area contributed by atoms with Gasteiger partial charge in [-0.3, -0.25) is 0 Å². The minimum atomic E-state index is -4.06. The monoisotopic (exact) mass is 352 g/mol. The lowest BCUT2D eigenvalue weighted by molar-refractivity contribution is 0.555. The van der Waals surface area contributed by atoms with Crippen molar-refractivity contribution in [1.82, 2.24) is 0 Å². The van der Waals surface area contributed by atoms with Gasteiger partial charge in [0, 0.05) is 0 Å². The van der Waals surface area contributed by atoms with Crippen LogP contribution in [-0.2, 0) is 19.7 Å². The maximum absolute atomic E-state index is 12.9. The maximum atomic E-state index is 12.9. The summed E-state index contributed by atoms with van der Waals surface area (Å²) in [6.45, 7) is 6.14. The van der Waals surface area contributed by atoms with Crippen LogP contribution in [-0.4, -0.2) is 20.9 Å². The molecule has 0 saturated heterocycles. The first kappa shape index (κ1) is 17.7. The number of benzene rings is 2. The van der Waals surface area contributed by atoms with Crippen LogP contribution in [0.4, 0.5) is 0 Å². The highest BCUT2D eigenvalue weighted by molar-refractivity contribution is 8.10. The van der Waals surface area contributed by atoms with Crippen LogP contribution in [0.5, 0.6) is 0 Å². The molecule has 0 amide bonds. The molecule has 0 heterocycles. The average molecular weight is 352 g/mol. The van der Waals surface area contributed by atoms with E-state index >= 15 is 0 Å². The number of sulfone groups is 2. The Morgan fingerprint density at radius 1 is 0.609 bits per heavy atom. The summed E-state index contributed by atoms with van der Waals surface area (Å²) in [6, 6.07) is 12.4. The third-order valence-corrected chi connectivity index (χ3v) is 9.65. The van der Waals surface area contributed by atoms with Gasteiger partial charge in [0.2, 0.25) is 0 Å². The van der Waals surface area contributed by atoms with Gasteiger partial charge in [-0.2, -0.15) is 0 Å². The Labute approximate surface area is 138 Å². The molecule has 4 nitrogen and oxygen atoms in total. The number of hydrogen-bond donors (Lipinski definition) is 0. The van der Waals surface area contributed by atoms with Crippen LogP contribution in [0.15, 0.2) is 58.3 Å². The Balaban J connectivity index is 2.59. The fraction of sp³-hybridized carbons (Fsp3) is 0.294. The molecule has 6 heteroatoms. The second-order valence-corrected chi connectivity index (χ2v) is 11.3. The van der Waals surface area contributed by atoms with Gasteiger partial charge in [0.25, 0.3) is 0 Å². The minimum absolute atomic E-state index is 0.00351. The van der Waals surface area contributed by atoms with Gasteiger partial charge in [0.1, 0.15) is 0 Å². The van der Waals surface area contributed by atoms with Crippen molar-refractivity contribution in [3.63, 3.8) is 0 Å². The lowest BCUT2D eigenvalue weighted by Gasteiger charge is -2.25. The summed E-state index contributed by atoms with van der Waals surface area (Å²) in [4.78, 5) is 0.00701. The van der Waals surface area contributed by atoms with Crippen LogP contribution in [0.1, 0.15) is 25.0 Å².